The van der Waals surface area contributed by atoms with E-state index < -0.39 is 0 Å². The van der Waals surface area contributed by atoms with Gasteiger partial charge in [0.15, 0.2) is 0 Å². The van der Waals surface area contributed by atoms with Gasteiger partial charge < -0.3 is 10.1 Å². The summed E-state index contributed by atoms with van der Waals surface area (Å²) in [4.78, 5) is 4.67. The first-order valence-electron chi connectivity index (χ1n) is 6.68. The van der Waals surface area contributed by atoms with Crippen LogP contribution in [0.2, 0.25) is 5.02 Å². The van der Waals surface area contributed by atoms with Gasteiger partial charge in [0.2, 0.25) is 0 Å². The van der Waals surface area contributed by atoms with E-state index in [1.807, 2.05) is 22.7 Å². The number of hydrogen-bond acceptors (Lipinski definition) is 2. The fraction of sp³-hybridized carbons (Fsp3) is 0.188. The van der Waals surface area contributed by atoms with Crippen LogP contribution in [0.5, 0.6) is 0 Å². The Labute approximate surface area is 123 Å². The molecule has 102 valence electrons. The highest BCUT2D eigenvalue weighted by Gasteiger charge is 2.12. The summed E-state index contributed by atoms with van der Waals surface area (Å²) in [6.45, 7) is 2.57. The third kappa shape index (κ3) is 2.19. The van der Waals surface area contributed by atoms with Crippen LogP contribution in [0.15, 0.2) is 42.6 Å². The molecule has 2 N–H and O–H groups in total. The van der Waals surface area contributed by atoms with Gasteiger partial charge in [-0.05, 0) is 24.1 Å². The predicted octanol–water partition coefficient (Wildman–Crippen LogP) is 3.68. The van der Waals surface area contributed by atoms with Crippen molar-refractivity contribution < 1.29 is 0 Å². The first-order chi connectivity index (χ1) is 9.72. The Balaban J connectivity index is 2.19. The van der Waals surface area contributed by atoms with Gasteiger partial charge in [-0.2, -0.15) is 0 Å². The summed E-state index contributed by atoms with van der Waals surface area (Å²) in [5.74, 6) is 0. The average Bonchev–Trinajstić information content (AvgIpc) is 2.85. The van der Waals surface area contributed by atoms with Crippen molar-refractivity contribution in [1.82, 2.24) is 9.38 Å². The van der Waals surface area contributed by atoms with Crippen molar-refractivity contribution in [3.63, 3.8) is 0 Å². The summed E-state index contributed by atoms with van der Waals surface area (Å²) >= 11 is 6.05. The molecule has 3 nitrogen and oxygen atoms in total. The number of pyridine rings is 1. The van der Waals surface area contributed by atoms with Crippen LogP contribution in [-0.2, 0) is 13.0 Å². The molecule has 0 radical (unpaired) electrons. The Morgan fingerprint density at radius 1 is 1.15 bits per heavy atom. The van der Waals surface area contributed by atoms with E-state index in [9.17, 15) is 0 Å². The molecule has 2 heterocycles. The van der Waals surface area contributed by atoms with Crippen LogP contribution in [0.3, 0.4) is 0 Å². The van der Waals surface area contributed by atoms with Crippen molar-refractivity contribution in [2.45, 2.75) is 19.9 Å². The molecular formula is C16H16ClN3. The molecule has 20 heavy (non-hydrogen) atoms. The SMILES string of the molecule is CCc1ccc(-c2nc3ccc(Cl)cn3c2CN)cc1. The zero-order valence-corrected chi connectivity index (χ0v) is 12.1. The van der Waals surface area contributed by atoms with Crippen LogP contribution in [0.1, 0.15) is 18.2 Å². The molecule has 0 fully saturated rings. The second-order valence-corrected chi connectivity index (χ2v) is 5.17. The summed E-state index contributed by atoms with van der Waals surface area (Å²) < 4.78 is 1.96. The Bertz CT molecular complexity index is 744. The molecule has 4 heteroatoms. The fourth-order valence-electron chi connectivity index (χ4n) is 2.39. The molecule has 0 spiro atoms. The summed E-state index contributed by atoms with van der Waals surface area (Å²) in [7, 11) is 0. The second-order valence-electron chi connectivity index (χ2n) is 4.74. The maximum absolute atomic E-state index is 6.05. The largest absolute Gasteiger partial charge is 0.325 e. The number of aromatic nitrogens is 2. The van der Waals surface area contributed by atoms with Gasteiger partial charge in [-0.3, -0.25) is 0 Å². The number of benzene rings is 1. The number of hydrogen-bond donors (Lipinski definition) is 1. The fourth-order valence-corrected chi connectivity index (χ4v) is 2.55. The van der Waals surface area contributed by atoms with Gasteiger partial charge in [0.05, 0.1) is 16.4 Å². The second kappa shape index (κ2) is 5.27. The zero-order chi connectivity index (χ0) is 14.1. The average molecular weight is 286 g/mol. The number of imidazole rings is 1. The standard InChI is InChI=1S/C16H16ClN3/c1-2-11-3-5-12(6-4-11)16-14(9-18)20-10-13(17)7-8-15(20)19-16/h3-8,10H,2,9,18H2,1H3. The predicted molar refractivity (Wildman–Crippen MR) is 82.9 cm³/mol. The molecular weight excluding hydrogens is 270 g/mol. The van der Waals surface area contributed by atoms with Gasteiger partial charge in [0, 0.05) is 18.3 Å². The highest BCUT2D eigenvalue weighted by Crippen LogP contribution is 2.25. The lowest BCUT2D eigenvalue weighted by Gasteiger charge is -2.03. The van der Waals surface area contributed by atoms with E-state index in [1.54, 1.807) is 0 Å². The number of fused-ring (bicyclic) bond motifs is 1. The summed E-state index contributed by atoms with van der Waals surface area (Å²) in [6.07, 6.45) is 2.89. The molecule has 0 saturated heterocycles. The van der Waals surface area contributed by atoms with Crippen molar-refractivity contribution in [2.75, 3.05) is 0 Å². The monoisotopic (exact) mass is 285 g/mol. The van der Waals surface area contributed by atoms with E-state index in [0.717, 1.165) is 29.0 Å². The molecule has 0 aliphatic heterocycles. The van der Waals surface area contributed by atoms with E-state index in [2.05, 4.69) is 36.2 Å². The molecule has 3 aromatic rings. The van der Waals surface area contributed by atoms with Crippen molar-refractivity contribution in [1.29, 1.82) is 0 Å². The quantitative estimate of drug-likeness (QED) is 0.798. The van der Waals surface area contributed by atoms with Crippen LogP contribution in [0.4, 0.5) is 0 Å². The third-order valence-corrected chi connectivity index (χ3v) is 3.73. The normalized spacial score (nSPS) is 11.2. The molecule has 0 saturated carbocycles. The first-order valence-corrected chi connectivity index (χ1v) is 7.06. The molecule has 0 unspecified atom stereocenters. The van der Waals surface area contributed by atoms with E-state index in [1.165, 1.54) is 5.56 Å². The lowest BCUT2D eigenvalue weighted by Crippen LogP contribution is -2.02. The van der Waals surface area contributed by atoms with Crippen molar-refractivity contribution in [3.8, 4) is 11.3 Å². The topological polar surface area (TPSA) is 43.3 Å². The maximum Gasteiger partial charge on any atom is 0.137 e. The number of nitrogens with two attached hydrogens (primary N) is 1. The number of halogens is 1. The van der Waals surface area contributed by atoms with Crippen molar-refractivity contribution >= 4 is 17.2 Å². The van der Waals surface area contributed by atoms with Crippen LogP contribution in [0.25, 0.3) is 16.9 Å². The van der Waals surface area contributed by atoms with Gasteiger partial charge in [0.25, 0.3) is 0 Å². The Kier molecular flexibility index (Phi) is 3.47. The summed E-state index contributed by atoms with van der Waals surface area (Å²) in [5, 5.41) is 0.678. The van der Waals surface area contributed by atoms with E-state index in [4.69, 9.17) is 17.3 Å². The van der Waals surface area contributed by atoms with Gasteiger partial charge in [-0.15, -0.1) is 0 Å². The highest BCUT2D eigenvalue weighted by molar-refractivity contribution is 6.30. The molecule has 3 rings (SSSR count). The first kappa shape index (κ1) is 13.2. The molecule has 0 bridgehead atoms. The van der Waals surface area contributed by atoms with Crippen molar-refractivity contribution in [3.05, 3.63) is 58.9 Å². The minimum Gasteiger partial charge on any atom is -0.325 e. The van der Waals surface area contributed by atoms with Gasteiger partial charge in [-0.1, -0.05) is 42.8 Å². The highest BCUT2D eigenvalue weighted by atomic mass is 35.5. The molecule has 0 aliphatic rings. The maximum atomic E-state index is 6.05. The van der Waals surface area contributed by atoms with E-state index in [-0.39, 0.29) is 0 Å². The minimum absolute atomic E-state index is 0.423. The summed E-state index contributed by atoms with van der Waals surface area (Å²) in [5.41, 5.74) is 11.1. The Morgan fingerprint density at radius 3 is 2.55 bits per heavy atom. The molecule has 0 aliphatic carbocycles. The van der Waals surface area contributed by atoms with Crippen LogP contribution in [-0.4, -0.2) is 9.38 Å². The minimum atomic E-state index is 0.423. The Morgan fingerprint density at radius 2 is 1.90 bits per heavy atom. The third-order valence-electron chi connectivity index (χ3n) is 3.51. The number of nitrogens with zero attached hydrogens (tertiary/aromatic N) is 2. The Hall–Kier alpha value is -1.84. The molecule has 1 aromatic carbocycles. The molecule has 2 aromatic heterocycles. The zero-order valence-electron chi connectivity index (χ0n) is 11.3. The van der Waals surface area contributed by atoms with Crippen LogP contribution >= 0.6 is 11.6 Å². The lowest BCUT2D eigenvalue weighted by molar-refractivity contribution is 0.962. The van der Waals surface area contributed by atoms with Crippen LogP contribution in [0, 0.1) is 0 Å². The van der Waals surface area contributed by atoms with Gasteiger partial charge >= 0.3 is 0 Å². The van der Waals surface area contributed by atoms with E-state index >= 15 is 0 Å². The van der Waals surface area contributed by atoms with Gasteiger partial charge in [0.1, 0.15) is 5.65 Å². The number of aryl methyl sites for hydroxylation is 1. The van der Waals surface area contributed by atoms with E-state index in [0.29, 0.717) is 11.6 Å². The lowest BCUT2D eigenvalue weighted by atomic mass is 10.1. The van der Waals surface area contributed by atoms with Crippen LogP contribution < -0.4 is 5.73 Å². The molecule has 0 amide bonds. The smallest absolute Gasteiger partial charge is 0.137 e. The van der Waals surface area contributed by atoms with Crippen molar-refractivity contribution in [2.24, 2.45) is 5.73 Å². The number of rotatable bonds is 3. The summed E-state index contributed by atoms with van der Waals surface area (Å²) in [6, 6.07) is 12.2. The van der Waals surface area contributed by atoms with Gasteiger partial charge in [-0.25, -0.2) is 4.98 Å². The molecule has 0 atom stereocenters.